The van der Waals surface area contributed by atoms with Gasteiger partial charge in [0.15, 0.2) is 12.7 Å². The third kappa shape index (κ3) is 6.10. The van der Waals surface area contributed by atoms with Gasteiger partial charge < -0.3 is 14.6 Å². The normalized spacial score (nSPS) is 12.6. The smallest absolute Gasteiger partial charge is 0.378 e. The van der Waals surface area contributed by atoms with Crippen molar-refractivity contribution < 1.29 is 37.7 Å². The molecule has 1 unspecified atom stereocenters. The van der Waals surface area contributed by atoms with Gasteiger partial charge in [-0.2, -0.15) is 8.78 Å². The van der Waals surface area contributed by atoms with Crippen LogP contribution in [0, 0.1) is 16.6 Å². The highest BCUT2D eigenvalue weighted by molar-refractivity contribution is 14.1. The number of carboxylic acid groups (broad SMARTS) is 1. The largest absolute Gasteiger partial charge is 0.477 e. The summed E-state index contributed by atoms with van der Waals surface area (Å²) in [7, 11) is 0. The number of benzene rings is 1. The predicted octanol–water partition coefficient (Wildman–Crippen LogP) is 3.94. The fourth-order valence-electron chi connectivity index (χ4n) is 1.83. The molecule has 0 bridgehead atoms. The maximum absolute atomic E-state index is 13.6. The third-order valence-electron chi connectivity index (χ3n) is 3.04. The topological polar surface area (TPSA) is 89.9 Å². The zero-order valence-corrected chi connectivity index (χ0v) is 19.9. The Balaban J connectivity index is 2.80. The van der Waals surface area contributed by atoms with E-state index in [-0.39, 0.29) is 5.56 Å². The summed E-state index contributed by atoms with van der Waals surface area (Å²) in [5.41, 5.74) is 0.228. The van der Waals surface area contributed by atoms with Gasteiger partial charge in [-0.15, -0.1) is 0 Å². The molecular weight excluding hydrogens is 695 g/mol. The quantitative estimate of drug-likeness (QED) is 0.263. The SMILES string of the molecule is CC(C)C(OC(=O)COC(=O)c1cc(I)cc(I)c1I)C(F)(F)C(=O)O. The first-order valence-corrected chi connectivity index (χ1v) is 10.2. The lowest BCUT2D eigenvalue weighted by atomic mass is 10.0. The monoisotopic (exact) mass is 708 g/mol. The van der Waals surface area contributed by atoms with Crippen LogP contribution < -0.4 is 0 Å². The van der Waals surface area contributed by atoms with Crippen molar-refractivity contribution in [1.29, 1.82) is 0 Å². The molecule has 1 aromatic carbocycles. The maximum Gasteiger partial charge on any atom is 0.378 e. The molecule has 0 aliphatic heterocycles. The molecule has 0 amide bonds. The lowest BCUT2D eigenvalue weighted by Gasteiger charge is -2.26. The first-order chi connectivity index (χ1) is 11.9. The molecule has 1 aromatic rings. The Hall–Kier alpha value is -0.320. The van der Waals surface area contributed by atoms with Gasteiger partial charge in [0.25, 0.3) is 0 Å². The van der Waals surface area contributed by atoms with Gasteiger partial charge in [-0.1, -0.05) is 13.8 Å². The number of carbonyl (C=O) groups excluding carboxylic acids is 2. The molecule has 1 atom stereocenters. The maximum atomic E-state index is 13.6. The number of halogens is 5. The van der Waals surface area contributed by atoms with Crippen LogP contribution >= 0.6 is 67.8 Å². The molecular formula is C15H13F2I3O6. The zero-order chi connectivity index (χ0) is 20.2. The van der Waals surface area contributed by atoms with E-state index in [1.54, 1.807) is 6.07 Å². The Labute approximate surface area is 188 Å². The van der Waals surface area contributed by atoms with E-state index in [4.69, 9.17) is 9.84 Å². The van der Waals surface area contributed by atoms with Crippen molar-refractivity contribution in [3.05, 3.63) is 28.4 Å². The van der Waals surface area contributed by atoms with Crippen LogP contribution in [0.2, 0.25) is 0 Å². The van der Waals surface area contributed by atoms with E-state index in [9.17, 15) is 23.2 Å². The number of carbonyl (C=O) groups is 3. The van der Waals surface area contributed by atoms with Crippen LogP contribution in [0.25, 0.3) is 0 Å². The number of hydrogen-bond acceptors (Lipinski definition) is 5. The van der Waals surface area contributed by atoms with Crippen LogP contribution in [0.1, 0.15) is 24.2 Å². The number of rotatable bonds is 7. The molecule has 1 N–H and O–H groups in total. The molecule has 11 heteroatoms. The van der Waals surface area contributed by atoms with Gasteiger partial charge in [-0.25, -0.2) is 14.4 Å². The molecule has 1 rings (SSSR count). The van der Waals surface area contributed by atoms with Crippen molar-refractivity contribution in [1.82, 2.24) is 0 Å². The number of ether oxygens (including phenoxy) is 2. The Morgan fingerprint density at radius 3 is 2.27 bits per heavy atom. The van der Waals surface area contributed by atoms with Crippen LogP contribution in [0.5, 0.6) is 0 Å². The second-order valence-corrected chi connectivity index (χ2v) is 8.89. The predicted molar refractivity (Wildman–Crippen MR) is 112 cm³/mol. The van der Waals surface area contributed by atoms with Crippen LogP contribution in [0.15, 0.2) is 12.1 Å². The second kappa shape index (κ2) is 9.75. The minimum atomic E-state index is -4.26. The average Bonchev–Trinajstić information content (AvgIpc) is 2.52. The fourth-order valence-corrected chi connectivity index (χ4v) is 4.21. The lowest BCUT2D eigenvalue weighted by molar-refractivity contribution is -0.200. The fraction of sp³-hybridized carbons (Fsp3) is 0.400. The lowest BCUT2D eigenvalue weighted by Crippen LogP contribution is -2.47. The molecule has 144 valence electrons. The Morgan fingerprint density at radius 2 is 1.77 bits per heavy atom. The third-order valence-corrected chi connectivity index (χ3v) is 6.71. The number of aliphatic carboxylic acids is 1. The van der Waals surface area contributed by atoms with Crippen molar-refractivity contribution in [2.75, 3.05) is 6.61 Å². The minimum Gasteiger partial charge on any atom is -0.477 e. The highest BCUT2D eigenvalue weighted by Gasteiger charge is 2.51. The Kier molecular flexibility index (Phi) is 8.89. The number of esters is 2. The van der Waals surface area contributed by atoms with Gasteiger partial charge in [-0.3, -0.25) is 0 Å². The highest BCUT2D eigenvalue weighted by atomic mass is 127. The molecule has 0 aromatic heterocycles. The van der Waals surface area contributed by atoms with Crippen molar-refractivity contribution in [3.8, 4) is 0 Å². The van der Waals surface area contributed by atoms with Gasteiger partial charge in [-0.05, 0) is 85.8 Å². The molecule has 0 aliphatic carbocycles. The van der Waals surface area contributed by atoms with Gasteiger partial charge in [0, 0.05) is 10.7 Å². The molecule has 26 heavy (non-hydrogen) atoms. The van der Waals surface area contributed by atoms with E-state index >= 15 is 0 Å². The molecule has 0 fully saturated rings. The number of hydrogen-bond donors (Lipinski definition) is 1. The van der Waals surface area contributed by atoms with Gasteiger partial charge in [0.2, 0.25) is 0 Å². The standard InChI is InChI=1S/C15H13F2I3O6/c1-6(2)12(15(16,17)14(23)24)26-10(21)5-25-13(22)8-3-7(18)4-9(19)11(8)20/h3-4,6,12H,5H2,1-2H3,(H,23,24). The van der Waals surface area contributed by atoms with Crippen molar-refractivity contribution in [2.45, 2.75) is 25.9 Å². The van der Waals surface area contributed by atoms with Gasteiger partial charge in [0.1, 0.15) is 0 Å². The summed E-state index contributed by atoms with van der Waals surface area (Å²) in [4.78, 5) is 34.5. The number of carboxylic acids is 1. The summed E-state index contributed by atoms with van der Waals surface area (Å²) in [6.45, 7) is 1.67. The molecule has 0 aliphatic rings. The molecule has 0 heterocycles. The zero-order valence-electron chi connectivity index (χ0n) is 13.4. The first kappa shape index (κ1) is 23.7. The average molecular weight is 708 g/mol. The van der Waals surface area contributed by atoms with E-state index in [1.807, 2.05) is 73.8 Å². The van der Waals surface area contributed by atoms with Gasteiger partial charge >= 0.3 is 23.8 Å². The molecule has 0 radical (unpaired) electrons. The van der Waals surface area contributed by atoms with Crippen LogP contribution in [0.4, 0.5) is 8.78 Å². The summed E-state index contributed by atoms with van der Waals surface area (Å²) in [6, 6.07) is 3.41. The Morgan fingerprint density at radius 1 is 1.19 bits per heavy atom. The summed E-state index contributed by atoms with van der Waals surface area (Å²) in [5.74, 6) is -9.68. The Bertz CT molecular complexity index is 724. The summed E-state index contributed by atoms with van der Waals surface area (Å²) >= 11 is 6.00. The van der Waals surface area contributed by atoms with Crippen molar-refractivity contribution >= 4 is 85.7 Å². The van der Waals surface area contributed by atoms with E-state index in [1.165, 1.54) is 13.8 Å². The highest BCUT2D eigenvalue weighted by Crippen LogP contribution is 2.28. The van der Waals surface area contributed by atoms with E-state index in [2.05, 4.69) is 4.74 Å². The van der Waals surface area contributed by atoms with Gasteiger partial charge in [0.05, 0.1) is 5.56 Å². The molecule has 0 saturated carbocycles. The summed E-state index contributed by atoms with van der Waals surface area (Å²) in [5, 5.41) is 8.59. The molecule has 6 nitrogen and oxygen atoms in total. The number of alkyl halides is 2. The van der Waals surface area contributed by atoms with Crippen molar-refractivity contribution in [3.63, 3.8) is 0 Å². The van der Waals surface area contributed by atoms with E-state index in [0.717, 1.165) is 7.14 Å². The van der Waals surface area contributed by atoms with Crippen LogP contribution in [-0.2, 0) is 19.1 Å². The minimum absolute atomic E-state index is 0.228. The molecule has 0 spiro atoms. The van der Waals surface area contributed by atoms with E-state index in [0.29, 0.717) is 3.57 Å². The van der Waals surface area contributed by atoms with Crippen LogP contribution in [0.3, 0.4) is 0 Å². The van der Waals surface area contributed by atoms with Crippen molar-refractivity contribution in [2.24, 2.45) is 5.92 Å². The summed E-state index contributed by atoms with van der Waals surface area (Å²) in [6.07, 6.45) is -2.18. The molecule has 0 saturated heterocycles. The first-order valence-electron chi connectivity index (χ1n) is 7.00. The van der Waals surface area contributed by atoms with Crippen LogP contribution in [-0.4, -0.2) is 41.6 Å². The second-order valence-electron chi connectivity index (χ2n) is 5.41. The summed E-state index contributed by atoms with van der Waals surface area (Å²) < 4.78 is 38.9. The van der Waals surface area contributed by atoms with E-state index < -0.39 is 42.5 Å².